The monoisotopic (exact) mass is 907 g/mol. The number of unbranched alkanes of at least 4 members (excludes halogenated alkanes) is 11. The number of rotatable bonds is 34. The van der Waals surface area contributed by atoms with Crippen LogP contribution in [-0.2, 0) is 46.4 Å². The highest BCUT2D eigenvalue weighted by Crippen LogP contribution is 2.15. The van der Waals surface area contributed by atoms with Crippen LogP contribution in [0.3, 0.4) is 0 Å². The summed E-state index contributed by atoms with van der Waals surface area (Å²) in [6, 6.07) is 13.0. The van der Waals surface area contributed by atoms with Gasteiger partial charge in [-0.25, -0.2) is 4.79 Å². The zero-order valence-electron chi connectivity index (χ0n) is 39.4. The van der Waals surface area contributed by atoms with Crippen molar-refractivity contribution in [1.82, 2.24) is 26.6 Å². The van der Waals surface area contributed by atoms with Gasteiger partial charge in [0.05, 0.1) is 6.10 Å². The molecule has 0 saturated heterocycles. The minimum atomic E-state index is -1.26. The molecule has 0 aromatic heterocycles. The quantitative estimate of drug-likeness (QED) is 0.0419. The van der Waals surface area contributed by atoms with Gasteiger partial charge in [0.1, 0.15) is 30.2 Å². The van der Waals surface area contributed by atoms with E-state index in [0.717, 1.165) is 75.3 Å². The predicted molar refractivity (Wildman–Crippen MR) is 252 cm³/mol. The molecule has 0 aliphatic carbocycles. The summed E-state index contributed by atoms with van der Waals surface area (Å²) >= 11 is 0. The molecule has 0 heterocycles. The normalized spacial score (nSPS) is 14.0. The number of nitrogens with one attached hydrogen (secondary N) is 5. The average molecular weight is 907 g/mol. The predicted octanol–water partition coefficient (Wildman–Crippen LogP) is 5.40. The fraction of sp³-hybridized carbons (Fsp3) is 0.620. The van der Waals surface area contributed by atoms with Gasteiger partial charge >= 0.3 is 5.97 Å². The fourth-order valence-electron chi connectivity index (χ4n) is 7.59. The first kappa shape index (κ1) is 55.8. The van der Waals surface area contributed by atoms with Crippen LogP contribution < -0.4 is 32.3 Å². The second kappa shape index (κ2) is 31.5. The number of hydrogen-bond donors (Lipinski definition) is 8. The third-order valence-corrected chi connectivity index (χ3v) is 11.2. The van der Waals surface area contributed by atoms with Crippen molar-refractivity contribution in [3.05, 3.63) is 71.8 Å². The van der Waals surface area contributed by atoms with Gasteiger partial charge in [0.2, 0.25) is 35.4 Å². The van der Waals surface area contributed by atoms with Crippen molar-refractivity contribution in [3.63, 3.8) is 0 Å². The Hall–Kier alpha value is -5.31. The molecule has 0 aliphatic rings. The lowest BCUT2D eigenvalue weighted by Crippen LogP contribution is -2.59. The first-order chi connectivity index (χ1) is 31.0. The number of benzene rings is 2. The van der Waals surface area contributed by atoms with Crippen molar-refractivity contribution in [3.8, 4) is 0 Å². The summed E-state index contributed by atoms with van der Waals surface area (Å²) in [5.74, 6) is -4.04. The van der Waals surface area contributed by atoms with E-state index in [-0.39, 0.29) is 49.3 Å². The maximum Gasteiger partial charge on any atom is 0.326 e. The van der Waals surface area contributed by atoms with Crippen molar-refractivity contribution in [1.29, 1.82) is 0 Å². The molecule has 15 heteroatoms. The summed E-state index contributed by atoms with van der Waals surface area (Å²) in [4.78, 5) is 89.3. The Morgan fingerprint density at radius 1 is 0.477 bits per heavy atom. The second-order valence-electron chi connectivity index (χ2n) is 18.2. The number of aliphatic hydroxyl groups excluding tert-OH is 1. The Morgan fingerprint density at radius 2 is 0.831 bits per heavy atom. The minimum Gasteiger partial charge on any atom is -0.480 e. The highest BCUT2D eigenvalue weighted by molar-refractivity contribution is 5.94. The summed E-state index contributed by atoms with van der Waals surface area (Å²) in [5.41, 5.74) is 7.20. The number of aliphatic hydroxyl groups is 1. The third kappa shape index (κ3) is 24.5. The zero-order valence-corrected chi connectivity index (χ0v) is 39.4. The molecule has 0 spiro atoms. The van der Waals surface area contributed by atoms with Crippen molar-refractivity contribution in [2.75, 3.05) is 0 Å². The largest absolute Gasteiger partial charge is 0.480 e. The van der Waals surface area contributed by atoms with Crippen molar-refractivity contribution >= 4 is 41.4 Å². The fourth-order valence-corrected chi connectivity index (χ4v) is 7.59. The van der Waals surface area contributed by atoms with Gasteiger partial charge in [0.15, 0.2) is 0 Å². The van der Waals surface area contributed by atoms with E-state index < -0.39 is 65.9 Å². The van der Waals surface area contributed by atoms with E-state index in [1.807, 2.05) is 88.4 Å². The van der Waals surface area contributed by atoms with Crippen LogP contribution in [0.15, 0.2) is 60.7 Å². The molecule has 0 unspecified atom stereocenters. The summed E-state index contributed by atoms with van der Waals surface area (Å²) in [5, 5.41) is 33.5. The van der Waals surface area contributed by atoms with Crippen LogP contribution in [0, 0.1) is 11.8 Å². The summed E-state index contributed by atoms with van der Waals surface area (Å²) in [6.07, 6.45) is 12.0. The molecule has 15 nitrogen and oxygen atoms in total. The standard InChI is InChI=1S/C50H78N6O9/c1-34(2)30-40(47(61)55-42(50(64)65)33-38-26-20-17-21-27-38)52-43(58)28-22-14-12-10-8-6-7-9-11-13-15-23-29-44(59)56-45(36(5)57)49(63)54-41(31-35(3)4)48(62)53-39(46(51)60)32-37-24-18-16-19-25-37/h16-21,24-27,34-36,39-42,45,57H,6-15,22-23,28-33H2,1-5H3,(H2,51,60)(H,52,58)(H,53,62)(H,54,63)(H,55,61)(H,56,59)(H,64,65)/t36-,39+,40+,41+,42+,45+/m1/s1. The Kier molecular flexibility index (Phi) is 27.1. The molecule has 362 valence electrons. The highest BCUT2D eigenvalue weighted by atomic mass is 16.4. The van der Waals surface area contributed by atoms with E-state index in [2.05, 4.69) is 26.6 Å². The number of aliphatic carboxylic acids is 1. The molecule has 0 fully saturated rings. The molecule has 0 radical (unpaired) electrons. The number of hydrogen-bond acceptors (Lipinski definition) is 8. The van der Waals surface area contributed by atoms with E-state index in [1.54, 1.807) is 0 Å². The van der Waals surface area contributed by atoms with Gasteiger partial charge in [-0.1, -0.05) is 153 Å². The van der Waals surface area contributed by atoms with E-state index in [1.165, 1.54) is 6.92 Å². The molecule has 9 N–H and O–H groups in total. The van der Waals surface area contributed by atoms with Crippen LogP contribution in [0.2, 0.25) is 0 Å². The van der Waals surface area contributed by atoms with Crippen LogP contribution in [0.1, 0.15) is 148 Å². The van der Waals surface area contributed by atoms with E-state index in [9.17, 15) is 43.8 Å². The van der Waals surface area contributed by atoms with Crippen LogP contribution in [0.4, 0.5) is 0 Å². The number of nitrogens with two attached hydrogens (primary N) is 1. The van der Waals surface area contributed by atoms with Gasteiger partial charge in [-0.3, -0.25) is 28.8 Å². The number of carboxylic acids is 1. The maximum absolute atomic E-state index is 13.3. The van der Waals surface area contributed by atoms with Gasteiger partial charge in [-0.15, -0.1) is 0 Å². The number of carbonyl (C=O) groups excluding carboxylic acids is 6. The summed E-state index contributed by atoms with van der Waals surface area (Å²) in [6.45, 7) is 9.08. The molecule has 6 atom stereocenters. The molecule has 0 aliphatic heterocycles. The lowest BCUT2D eigenvalue weighted by molar-refractivity contribution is -0.142. The van der Waals surface area contributed by atoms with E-state index in [0.29, 0.717) is 25.7 Å². The number of amides is 6. The second-order valence-corrected chi connectivity index (χ2v) is 18.2. The average Bonchev–Trinajstić information content (AvgIpc) is 3.24. The van der Waals surface area contributed by atoms with Crippen LogP contribution in [0.25, 0.3) is 0 Å². The lowest BCUT2D eigenvalue weighted by Gasteiger charge is -2.26. The van der Waals surface area contributed by atoms with Gasteiger partial charge in [0, 0.05) is 25.7 Å². The Labute approximate surface area is 386 Å². The molecular formula is C50H78N6O9. The first-order valence-electron chi connectivity index (χ1n) is 23.7. The highest BCUT2D eigenvalue weighted by Gasteiger charge is 2.32. The lowest BCUT2D eigenvalue weighted by atomic mass is 10.0. The third-order valence-electron chi connectivity index (χ3n) is 11.2. The smallest absolute Gasteiger partial charge is 0.326 e. The molecule has 6 amide bonds. The molecule has 2 rings (SSSR count). The van der Waals surface area contributed by atoms with E-state index in [4.69, 9.17) is 5.73 Å². The molecule has 2 aromatic rings. The van der Waals surface area contributed by atoms with Crippen molar-refractivity contribution in [2.24, 2.45) is 17.6 Å². The molecular weight excluding hydrogens is 829 g/mol. The van der Waals surface area contributed by atoms with Crippen molar-refractivity contribution in [2.45, 2.75) is 187 Å². The van der Waals surface area contributed by atoms with Crippen LogP contribution in [-0.4, -0.2) is 87.9 Å². The topological polar surface area (TPSA) is 246 Å². The molecule has 0 bridgehead atoms. The van der Waals surface area contributed by atoms with Gasteiger partial charge in [0.25, 0.3) is 0 Å². The molecule has 2 aromatic carbocycles. The number of carbonyl (C=O) groups is 7. The summed E-state index contributed by atoms with van der Waals surface area (Å²) in [7, 11) is 0. The Bertz CT molecular complexity index is 1740. The maximum atomic E-state index is 13.3. The SMILES string of the molecule is CC(C)C[C@H](NC(=O)CCCCCCCCCCCCCCC(=O)N[C@H](C(=O)N[C@@H](CC(C)C)C(=O)N[C@@H](Cc1ccccc1)C(N)=O)[C@@H](C)O)C(=O)N[C@@H](Cc1ccccc1)C(=O)O. The summed E-state index contributed by atoms with van der Waals surface area (Å²) < 4.78 is 0. The van der Waals surface area contributed by atoms with Crippen molar-refractivity contribution < 1.29 is 43.8 Å². The minimum absolute atomic E-state index is 0.00504. The zero-order chi connectivity index (χ0) is 48.1. The van der Waals surface area contributed by atoms with Gasteiger partial charge in [-0.05, 0) is 55.6 Å². The Balaban J connectivity index is 1.61. The first-order valence-corrected chi connectivity index (χ1v) is 23.7. The van der Waals surface area contributed by atoms with E-state index >= 15 is 0 Å². The Morgan fingerprint density at radius 3 is 1.22 bits per heavy atom. The van der Waals surface area contributed by atoms with Crippen LogP contribution >= 0.6 is 0 Å². The van der Waals surface area contributed by atoms with Gasteiger partial charge < -0.3 is 42.5 Å². The number of carboxylic acid groups (broad SMARTS) is 1. The molecule has 65 heavy (non-hydrogen) atoms. The van der Waals surface area contributed by atoms with Gasteiger partial charge in [-0.2, -0.15) is 0 Å². The number of primary amides is 1. The van der Waals surface area contributed by atoms with Crippen LogP contribution in [0.5, 0.6) is 0 Å². The molecule has 0 saturated carbocycles.